The average Bonchev–Trinajstić information content (AvgIpc) is 3.16. The van der Waals surface area contributed by atoms with Crippen molar-refractivity contribution in [3.8, 4) is 11.3 Å². The smallest absolute Gasteiger partial charge is 0.270 e. The maximum absolute atomic E-state index is 12.6. The Bertz CT molecular complexity index is 647. The van der Waals surface area contributed by atoms with Gasteiger partial charge in [-0.2, -0.15) is 0 Å². The summed E-state index contributed by atoms with van der Waals surface area (Å²) in [6.07, 6.45) is 4.05. The lowest BCUT2D eigenvalue weighted by Crippen LogP contribution is -2.43. The molecule has 1 saturated heterocycles. The quantitative estimate of drug-likeness (QED) is 0.942. The number of nitrogens with one attached hydrogen (secondary N) is 1. The lowest BCUT2D eigenvalue weighted by molar-refractivity contribution is 0.00706. The number of carbonyl (C=O) groups excluding carboxylic acids is 1. The Kier molecular flexibility index (Phi) is 4.59. The Morgan fingerprint density at radius 1 is 1.59 bits per heavy atom. The standard InChI is InChI=1S/C16H21N3O2S/c1-3-21-13-5-4-6-19(9-13)16(20)14-7-12(8-17-14)15-10-22-11(2)18-15/h7-8,10,13,17H,3-6,9H2,1-2H3/t13-/m0/s1. The summed E-state index contributed by atoms with van der Waals surface area (Å²) in [5.74, 6) is 0.0441. The number of piperidine rings is 1. The van der Waals surface area contributed by atoms with Crippen LogP contribution in [0.1, 0.15) is 35.3 Å². The van der Waals surface area contributed by atoms with Gasteiger partial charge >= 0.3 is 0 Å². The predicted octanol–water partition coefficient (Wildman–Crippen LogP) is 3.09. The number of nitrogens with zero attached hydrogens (tertiary/aromatic N) is 2. The topological polar surface area (TPSA) is 58.2 Å². The van der Waals surface area contributed by atoms with Crippen molar-refractivity contribution in [2.75, 3.05) is 19.7 Å². The van der Waals surface area contributed by atoms with Gasteiger partial charge in [-0.3, -0.25) is 4.79 Å². The molecule has 0 aliphatic carbocycles. The molecule has 118 valence electrons. The van der Waals surface area contributed by atoms with Crippen LogP contribution in [-0.4, -0.2) is 46.6 Å². The third kappa shape index (κ3) is 3.23. The van der Waals surface area contributed by atoms with Crippen LogP contribution in [-0.2, 0) is 4.74 Å². The molecule has 1 amide bonds. The summed E-state index contributed by atoms with van der Waals surface area (Å²) in [7, 11) is 0. The molecule has 0 radical (unpaired) electrons. The van der Waals surface area contributed by atoms with E-state index in [0.29, 0.717) is 18.8 Å². The second kappa shape index (κ2) is 6.62. The van der Waals surface area contributed by atoms with Gasteiger partial charge in [-0.05, 0) is 32.8 Å². The van der Waals surface area contributed by atoms with Crippen molar-refractivity contribution < 1.29 is 9.53 Å². The van der Waals surface area contributed by atoms with E-state index in [1.807, 2.05) is 36.4 Å². The molecule has 0 unspecified atom stereocenters. The first-order chi connectivity index (χ1) is 10.7. The van der Waals surface area contributed by atoms with E-state index in [9.17, 15) is 4.79 Å². The second-order valence-electron chi connectivity index (χ2n) is 5.52. The van der Waals surface area contributed by atoms with Crippen LogP contribution in [0.4, 0.5) is 0 Å². The molecular weight excluding hydrogens is 298 g/mol. The molecule has 1 aliphatic heterocycles. The van der Waals surface area contributed by atoms with E-state index in [-0.39, 0.29) is 12.0 Å². The molecule has 1 aliphatic rings. The molecule has 1 N–H and O–H groups in total. The fraction of sp³-hybridized carbons (Fsp3) is 0.500. The Morgan fingerprint density at radius 3 is 3.18 bits per heavy atom. The van der Waals surface area contributed by atoms with Crippen LogP contribution in [0.3, 0.4) is 0 Å². The molecule has 1 atom stereocenters. The van der Waals surface area contributed by atoms with Crippen molar-refractivity contribution in [3.05, 3.63) is 28.3 Å². The third-order valence-corrected chi connectivity index (χ3v) is 4.67. The fourth-order valence-corrected chi connectivity index (χ4v) is 3.45. The highest BCUT2D eigenvalue weighted by atomic mass is 32.1. The van der Waals surface area contributed by atoms with Crippen molar-refractivity contribution in [1.29, 1.82) is 0 Å². The van der Waals surface area contributed by atoms with E-state index >= 15 is 0 Å². The van der Waals surface area contributed by atoms with Gasteiger partial charge in [0.15, 0.2) is 0 Å². The molecule has 0 aromatic carbocycles. The average molecular weight is 319 g/mol. The molecular formula is C16H21N3O2S. The molecule has 2 aromatic heterocycles. The first kappa shape index (κ1) is 15.2. The number of H-pyrrole nitrogens is 1. The van der Waals surface area contributed by atoms with Gasteiger partial charge < -0.3 is 14.6 Å². The van der Waals surface area contributed by atoms with Gasteiger partial charge in [0.2, 0.25) is 0 Å². The summed E-state index contributed by atoms with van der Waals surface area (Å²) in [5.41, 5.74) is 2.51. The van der Waals surface area contributed by atoms with Crippen LogP contribution in [0, 0.1) is 6.92 Å². The van der Waals surface area contributed by atoms with Gasteiger partial charge in [0.1, 0.15) is 5.69 Å². The predicted molar refractivity (Wildman–Crippen MR) is 87.2 cm³/mol. The number of hydrogen-bond acceptors (Lipinski definition) is 4. The van der Waals surface area contributed by atoms with Crippen LogP contribution in [0.2, 0.25) is 0 Å². The molecule has 5 nitrogen and oxygen atoms in total. The lowest BCUT2D eigenvalue weighted by atomic mass is 10.1. The van der Waals surface area contributed by atoms with Gasteiger partial charge in [0.25, 0.3) is 5.91 Å². The van der Waals surface area contributed by atoms with Gasteiger partial charge in [-0.15, -0.1) is 11.3 Å². The number of thiazole rings is 1. The van der Waals surface area contributed by atoms with E-state index < -0.39 is 0 Å². The van der Waals surface area contributed by atoms with E-state index in [4.69, 9.17) is 4.74 Å². The Hall–Kier alpha value is -1.66. The van der Waals surface area contributed by atoms with Gasteiger partial charge in [-0.1, -0.05) is 0 Å². The number of carbonyl (C=O) groups is 1. The van der Waals surface area contributed by atoms with Gasteiger partial charge in [0, 0.05) is 36.8 Å². The first-order valence-corrected chi connectivity index (χ1v) is 8.57. The van der Waals surface area contributed by atoms with E-state index in [2.05, 4.69) is 9.97 Å². The zero-order chi connectivity index (χ0) is 15.5. The van der Waals surface area contributed by atoms with Crippen molar-refractivity contribution in [2.24, 2.45) is 0 Å². The minimum atomic E-state index is 0.0441. The van der Waals surface area contributed by atoms with Crippen LogP contribution < -0.4 is 0 Å². The number of rotatable bonds is 4. The second-order valence-corrected chi connectivity index (χ2v) is 6.59. The van der Waals surface area contributed by atoms with Crippen molar-refractivity contribution >= 4 is 17.2 Å². The Balaban J connectivity index is 1.71. The highest BCUT2D eigenvalue weighted by Crippen LogP contribution is 2.23. The van der Waals surface area contributed by atoms with Gasteiger partial charge in [-0.25, -0.2) is 4.98 Å². The SMILES string of the molecule is CCO[C@H]1CCCN(C(=O)c2cc(-c3csc(C)n3)c[nH]2)C1. The summed E-state index contributed by atoms with van der Waals surface area (Å²) >= 11 is 1.61. The number of amides is 1. The number of aromatic nitrogens is 2. The van der Waals surface area contributed by atoms with Crippen LogP contribution in [0.25, 0.3) is 11.3 Å². The molecule has 6 heteroatoms. The van der Waals surface area contributed by atoms with Crippen molar-refractivity contribution in [3.63, 3.8) is 0 Å². The molecule has 22 heavy (non-hydrogen) atoms. The van der Waals surface area contributed by atoms with E-state index in [0.717, 1.165) is 35.7 Å². The lowest BCUT2D eigenvalue weighted by Gasteiger charge is -2.32. The molecule has 0 spiro atoms. The molecule has 0 saturated carbocycles. The highest BCUT2D eigenvalue weighted by molar-refractivity contribution is 7.09. The normalized spacial score (nSPS) is 18.6. The minimum absolute atomic E-state index is 0.0441. The van der Waals surface area contributed by atoms with Gasteiger partial charge in [0.05, 0.1) is 16.8 Å². The van der Waals surface area contributed by atoms with Crippen molar-refractivity contribution in [1.82, 2.24) is 14.9 Å². The molecule has 3 heterocycles. The zero-order valence-electron chi connectivity index (χ0n) is 13.0. The highest BCUT2D eigenvalue weighted by Gasteiger charge is 2.25. The maximum atomic E-state index is 12.6. The fourth-order valence-electron chi connectivity index (χ4n) is 2.83. The molecule has 3 rings (SSSR count). The summed E-state index contributed by atoms with van der Waals surface area (Å²) in [6, 6.07) is 1.89. The summed E-state index contributed by atoms with van der Waals surface area (Å²) in [4.78, 5) is 22.0. The summed E-state index contributed by atoms with van der Waals surface area (Å²) in [5, 5.41) is 3.04. The first-order valence-electron chi connectivity index (χ1n) is 7.69. The number of ether oxygens (including phenoxy) is 1. The summed E-state index contributed by atoms with van der Waals surface area (Å²) < 4.78 is 5.66. The Morgan fingerprint density at radius 2 is 2.45 bits per heavy atom. The summed E-state index contributed by atoms with van der Waals surface area (Å²) in [6.45, 7) is 6.15. The number of hydrogen-bond donors (Lipinski definition) is 1. The number of likely N-dealkylation sites (tertiary alicyclic amines) is 1. The zero-order valence-corrected chi connectivity index (χ0v) is 13.8. The minimum Gasteiger partial charge on any atom is -0.377 e. The largest absolute Gasteiger partial charge is 0.377 e. The maximum Gasteiger partial charge on any atom is 0.270 e. The van der Waals surface area contributed by atoms with E-state index in [1.165, 1.54) is 0 Å². The van der Waals surface area contributed by atoms with Crippen LogP contribution in [0.15, 0.2) is 17.6 Å². The monoisotopic (exact) mass is 319 g/mol. The molecule has 1 fully saturated rings. The van der Waals surface area contributed by atoms with E-state index in [1.54, 1.807) is 11.3 Å². The number of aromatic amines is 1. The van der Waals surface area contributed by atoms with Crippen LogP contribution in [0.5, 0.6) is 0 Å². The Labute approximate surface area is 134 Å². The van der Waals surface area contributed by atoms with Crippen molar-refractivity contribution in [2.45, 2.75) is 32.8 Å². The van der Waals surface area contributed by atoms with Crippen LogP contribution >= 0.6 is 11.3 Å². The third-order valence-electron chi connectivity index (χ3n) is 3.90. The number of aryl methyl sites for hydroxylation is 1. The molecule has 2 aromatic rings. The molecule has 0 bridgehead atoms.